The second-order valence-corrected chi connectivity index (χ2v) is 8.04. The summed E-state index contributed by atoms with van der Waals surface area (Å²) < 4.78 is 17.4. The number of morpholine rings is 1. The number of carbonyl (C=O) groups excluding carboxylic acids is 1. The van der Waals surface area contributed by atoms with Crippen molar-refractivity contribution in [1.29, 1.82) is 0 Å². The molecule has 2 aliphatic rings. The Morgan fingerprint density at radius 3 is 2.32 bits per heavy atom. The first-order valence-corrected chi connectivity index (χ1v) is 11.3. The first-order chi connectivity index (χ1) is 15.2. The Kier molecular flexibility index (Phi) is 6.66. The van der Waals surface area contributed by atoms with Crippen molar-refractivity contribution < 1.29 is 19.0 Å². The standard InChI is InChI=1S/C25H32N2O4/c1-3-30-22-18-21(27-13-15-29-16-14-27)23(31-4-2)17-20(22)26-24(28)25(11-8-12-25)19-9-6-5-7-10-19/h5-7,9-10,17-18H,3-4,8,11-16H2,1-2H3,(H,26,28). The van der Waals surface area contributed by atoms with Crippen LogP contribution in [0, 0.1) is 0 Å². The molecule has 4 rings (SSSR count). The topological polar surface area (TPSA) is 60.0 Å². The minimum atomic E-state index is -0.473. The number of anilines is 2. The lowest BCUT2D eigenvalue weighted by molar-refractivity contribution is -0.124. The molecule has 0 aromatic heterocycles. The zero-order chi connectivity index (χ0) is 21.7. The third-order valence-electron chi connectivity index (χ3n) is 6.23. The average molecular weight is 425 g/mol. The van der Waals surface area contributed by atoms with Gasteiger partial charge in [0.05, 0.1) is 43.2 Å². The van der Waals surface area contributed by atoms with Crippen molar-refractivity contribution in [3.63, 3.8) is 0 Å². The molecule has 0 radical (unpaired) electrons. The van der Waals surface area contributed by atoms with Crippen LogP contribution < -0.4 is 19.7 Å². The second kappa shape index (κ2) is 9.60. The van der Waals surface area contributed by atoms with Crippen molar-refractivity contribution in [3.05, 3.63) is 48.0 Å². The Bertz CT molecular complexity index is 890. The van der Waals surface area contributed by atoms with Crippen molar-refractivity contribution in [2.75, 3.05) is 49.7 Å². The summed E-state index contributed by atoms with van der Waals surface area (Å²) >= 11 is 0. The summed E-state index contributed by atoms with van der Waals surface area (Å²) in [5.74, 6) is 1.45. The molecule has 6 heteroatoms. The molecule has 2 fully saturated rings. The lowest BCUT2D eigenvalue weighted by atomic mass is 9.64. The number of benzene rings is 2. The number of nitrogens with one attached hydrogen (secondary N) is 1. The molecular weight excluding hydrogens is 392 g/mol. The highest BCUT2D eigenvalue weighted by molar-refractivity contribution is 6.01. The molecule has 1 aliphatic heterocycles. The first-order valence-electron chi connectivity index (χ1n) is 11.3. The Balaban J connectivity index is 1.66. The zero-order valence-electron chi connectivity index (χ0n) is 18.5. The van der Waals surface area contributed by atoms with E-state index < -0.39 is 5.41 Å². The highest BCUT2D eigenvalue weighted by atomic mass is 16.5. The van der Waals surface area contributed by atoms with E-state index >= 15 is 0 Å². The van der Waals surface area contributed by atoms with E-state index in [0.717, 1.165) is 49.4 Å². The lowest BCUT2D eigenvalue weighted by Gasteiger charge is -2.41. The molecule has 1 saturated heterocycles. The van der Waals surface area contributed by atoms with Gasteiger partial charge in [-0.15, -0.1) is 0 Å². The maximum absolute atomic E-state index is 13.5. The zero-order valence-corrected chi connectivity index (χ0v) is 18.5. The highest BCUT2D eigenvalue weighted by Gasteiger charge is 2.45. The summed E-state index contributed by atoms with van der Waals surface area (Å²) in [5, 5.41) is 3.18. The van der Waals surface area contributed by atoms with Gasteiger partial charge in [-0.3, -0.25) is 4.79 Å². The summed E-state index contributed by atoms with van der Waals surface area (Å²) in [4.78, 5) is 15.7. The van der Waals surface area contributed by atoms with Gasteiger partial charge in [-0.05, 0) is 32.3 Å². The Morgan fingerprint density at radius 2 is 1.71 bits per heavy atom. The van der Waals surface area contributed by atoms with Gasteiger partial charge in [0.1, 0.15) is 11.5 Å². The van der Waals surface area contributed by atoms with E-state index in [1.807, 2.05) is 44.2 Å². The van der Waals surface area contributed by atoms with Crippen molar-refractivity contribution in [2.45, 2.75) is 38.5 Å². The third kappa shape index (κ3) is 4.35. The van der Waals surface area contributed by atoms with Crippen LogP contribution in [-0.4, -0.2) is 45.4 Å². The number of hydrogen-bond acceptors (Lipinski definition) is 5. The van der Waals surface area contributed by atoms with Crippen LogP contribution in [-0.2, 0) is 14.9 Å². The molecule has 0 bridgehead atoms. The van der Waals surface area contributed by atoms with Gasteiger partial charge in [0.25, 0.3) is 0 Å². The van der Waals surface area contributed by atoms with E-state index in [1.54, 1.807) is 0 Å². The molecule has 0 unspecified atom stereocenters. The van der Waals surface area contributed by atoms with Gasteiger partial charge in [-0.25, -0.2) is 0 Å². The minimum absolute atomic E-state index is 0.0208. The molecule has 2 aromatic rings. The molecule has 31 heavy (non-hydrogen) atoms. The van der Waals surface area contributed by atoms with Crippen LogP contribution in [0.3, 0.4) is 0 Å². The van der Waals surface area contributed by atoms with Crippen LogP contribution in [0.1, 0.15) is 38.7 Å². The molecule has 1 heterocycles. The lowest BCUT2D eigenvalue weighted by Crippen LogP contribution is -2.46. The maximum atomic E-state index is 13.5. The van der Waals surface area contributed by atoms with Gasteiger partial charge in [0.2, 0.25) is 5.91 Å². The molecular formula is C25H32N2O4. The maximum Gasteiger partial charge on any atom is 0.235 e. The van der Waals surface area contributed by atoms with E-state index in [1.165, 1.54) is 0 Å². The van der Waals surface area contributed by atoms with Crippen molar-refractivity contribution >= 4 is 17.3 Å². The summed E-state index contributed by atoms with van der Waals surface area (Å²) in [6.45, 7) is 7.96. The predicted molar refractivity (Wildman–Crippen MR) is 122 cm³/mol. The molecule has 166 valence electrons. The van der Waals surface area contributed by atoms with E-state index in [0.29, 0.717) is 37.9 Å². The van der Waals surface area contributed by atoms with Crippen LogP contribution in [0.2, 0.25) is 0 Å². The first kappa shape index (κ1) is 21.5. The fourth-order valence-electron chi connectivity index (χ4n) is 4.42. The van der Waals surface area contributed by atoms with Crippen molar-refractivity contribution in [2.24, 2.45) is 0 Å². The highest BCUT2D eigenvalue weighted by Crippen LogP contribution is 2.46. The van der Waals surface area contributed by atoms with Crippen LogP contribution in [0.4, 0.5) is 11.4 Å². The summed E-state index contributed by atoms with van der Waals surface area (Å²) in [6.07, 6.45) is 2.77. The number of hydrogen-bond donors (Lipinski definition) is 1. The molecule has 0 spiro atoms. The molecule has 1 saturated carbocycles. The quantitative estimate of drug-likeness (QED) is 0.681. The number of ether oxygens (including phenoxy) is 3. The SMILES string of the molecule is CCOc1cc(N2CCOCC2)c(OCC)cc1NC(=O)C1(c2ccccc2)CCC1. The number of nitrogens with zero attached hydrogens (tertiary/aromatic N) is 1. The number of carbonyl (C=O) groups is 1. The third-order valence-corrected chi connectivity index (χ3v) is 6.23. The van der Waals surface area contributed by atoms with Gasteiger partial charge < -0.3 is 24.4 Å². The molecule has 6 nitrogen and oxygen atoms in total. The fourth-order valence-corrected chi connectivity index (χ4v) is 4.42. The predicted octanol–water partition coefficient (Wildman–Crippen LogP) is 4.38. The molecule has 1 aliphatic carbocycles. The van der Waals surface area contributed by atoms with Crippen molar-refractivity contribution in [1.82, 2.24) is 0 Å². The summed E-state index contributed by atoms with van der Waals surface area (Å²) in [7, 11) is 0. The van der Waals surface area contributed by atoms with E-state index in [9.17, 15) is 4.79 Å². The van der Waals surface area contributed by atoms with Gasteiger partial charge in [-0.1, -0.05) is 36.8 Å². The number of rotatable bonds is 8. The van der Waals surface area contributed by atoms with Crippen molar-refractivity contribution in [3.8, 4) is 11.5 Å². The molecule has 1 amide bonds. The summed E-state index contributed by atoms with van der Waals surface area (Å²) in [6, 6.07) is 14.0. The Labute approximate surface area is 184 Å². The van der Waals surface area contributed by atoms with E-state index in [2.05, 4.69) is 22.3 Å². The van der Waals surface area contributed by atoms with Crippen LogP contribution in [0.5, 0.6) is 11.5 Å². The molecule has 0 atom stereocenters. The summed E-state index contributed by atoms with van der Waals surface area (Å²) in [5.41, 5.74) is 2.24. The van der Waals surface area contributed by atoms with Gasteiger partial charge >= 0.3 is 0 Å². The van der Waals surface area contributed by atoms with Crippen LogP contribution in [0.15, 0.2) is 42.5 Å². The van der Waals surface area contributed by atoms with Gasteiger partial charge in [0, 0.05) is 25.2 Å². The fraction of sp³-hybridized carbons (Fsp3) is 0.480. The van der Waals surface area contributed by atoms with Gasteiger partial charge in [-0.2, -0.15) is 0 Å². The minimum Gasteiger partial charge on any atom is -0.492 e. The Hall–Kier alpha value is -2.73. The normalized spacial score (nSPS) is 17.5. The van der Waals surface area contributed by atoms with E-state index in [4.69, 9.17) is 14.2 Å². The van der Waals surface area contributed by atoms with Gasteiger partial charge in [0.15, 0.2) is 0 Å². The van der Waals surface area contributed by atoms with E-state index in [-0.39, 0.29) is 5.91 Å². The molecule has 2 aromatic carbocycles. The Morgan fingerprint density at radius 1 is 1.03 bits per heavy atom. The largest absolute Gasteiger partial charge is 0.492 e. The van der Waals surface area contributed by atoms with Crippen LogP contribution in [0.25, 0.3) is 0 Å². The monoisotopic (exact) mass is 424 g/mol. The molecule has 1 N–H and O–H groups in total. The average Bonchev–Trinajstić information content (AvgIpc) is 2.76. The number of amides is 1. The smallest absolute Gasteiger partial charge is 0.235 e. The van der Waals surface area contributed by atoms with Crippen LogP contribution >= 0.6 is 0 Å². The second-order valence-electron chi connectivity index (χ2n) is 8.04.